The molecule has 0 fully saturated rings. The lowest BCUT2D eigenvalue weighted by molar-refractivity contribution is -0.114. The van der Waals surface area contributed by atoms with Gasteiger partial charge in [0, 0.05) is 0 Å². The van der Waals surface area contributed by atoms with Gasteiger partial charge in [0.25, 0.3) is 15.9 Å². The number of hydrogen-bond acceptors (Lipinski definition) is 5. The van der Waals surface area contributed by atoms with Crippen LogP contribution in [0.5, 0.6) is 5.75 Å². The summed E-state index contributed by atoms with van der Waals surface area (Å²) in [6.45, 7) is 3.68. The zero-order chi connectivity index (χ0) is 28.5. The number of rotatable bonds is 11. The first-order valence-corrected chi connectivity index (χ1v) is 14.3. The minimum atomic E-state index is -4.09. The monoisotopic (exact) mass is 557 g/mol. The largest absolute Gasteiger partial charge is 0.494 e. The quantitative estimate of drug-likeness (QED) is 0.257. The molecule has 9 heteroatoms. The molecule has 4 aromatic carbocycles. The predicted molar refractivity (Wildman–Crippen MR) is 156 cm³/mol. The first-order valence-electron chi connectivity index (χ1n) is 12.8. The molecule has 2 N–H and O–H groups in total. The Morgan fingerprint density at radius 3 is 2.08 bits per heavy atom. The third kappa shape index (κ3) is 6.86. The Balaban J connectivity index is 1.57. The SMILES string of the molecule is CCOc1ccc(N(CC(=O)Nc2ccccc2C(=O)N[C@@H](C)c2ccccc2)S(=O)(=O)c2ccccc2)cc1. The van der Waals surface area contributed by atoms with Crippen molar-refractivity contribution in [3.63, 3.8) is 0 Å². The van der Waals surface area contributed by atoms with Crippen LogP contribution < -0.4 is 19.7 Å². The number of hydrogen-bond donors (Lipinski definition) is 2. The van der Waals surface area contributed by atoms with Crippen LogP contribution in [0.15, 0.2) is 114 Å². The number of amides is 2. The van der Waals surface area contributed by atoms with Crippen molar-refractivity contribution in [1.29, 1.82) is 0 Å². The normalized spacial score (nSPS) is 11.8. The second-order valence-electron chi connectivity index (χ2n) is 8.95. The minimum absolute atomic E-state index is 0.0476. The van der Waals surface area contributed by atoms with E-state index in [0.717, 1.165) is 9.87 Å². The molecule has 0 aliphatic heterocycles. The third-order valence-corrected chi connectivity index (χ3v) is 7.94. The van der Waals surface area contributed by atoms with Crippen molar-refractivity contribution in [3.05, 3.63) is 120 Å². The Bertz CT molecular complexity index is 1540. The molecule has 0 heterocycles. The first-order chi connectivity index (χ1) is 19.3. The van der Waals surface area contributed by atoms with Crippen LogP contribution in [0.3, 0.4) is 0 Å². The molecule has 1 atom stereocenters. The number of nitrogens with one attached hydrogen (secondary N) is 2. The van der Waals surface area contributed by atoms with Crippen LogP contribution in [-0.4, -0.2) is 33.4 Å². The standard InChI is InChI=1S/C31H31N3O5S/c1-3-39-26-20-18-25(19-21-26)34(40(37,38)27-14-8-5-9-15-27)22-30(35)33-29-17-11-10-16-28(29)31(36)32-23(2)24-12-6-4-7-13-24/h4-21,23H,3,22H2,1-2H3,(H,32,36)(H,33,35)/t23-/m0/s1. The number of anilines is 2. The van der Waals surface area contributed by atoms with Gasteiger partial charge in [-0.2, -0.15) is 0 Å². The average Bonchev–Trinajstić information content (AvgIpc) is 2.97. The molecular formula is C31H31N3O5S. The van der Waals surface area contributed by atoms with Crippen molar-refractivity contribution in [2.75, 3.05) is 22.8 Å². The van der Waals surface area contributed by atoms with E-state index in [9.17, 15) is 18.0 Å². The number of sulfonamides is 1. The van der Waals surface area contributed by atoms with Crippen LogP contribution in [0, 0.1) is 0 Å². The van der Waals surface area contributed by atoms with E-state index in [-0.39, 0.29) is 28.1 Å². The van der Waals surface area contributed by atoms with Crippen LogP contribution in [-0.2, 0) is 14.8 Å². The highest BCUT2D eigenvalue weighted by Gasteiger charge is 2.28. The molecular weight excluding hydrogens is 526 g/mol. The van der Waals surface area contributed by atoms with Crippen LogP contribution in [0.2, 0.25) is 0 Å². The summed E-state index contributed by atoms with van der Waals surface area (Å²) < 4.78 is 33.7. The van der Waals surface area contributed by atoms with Crippen LogP contribution >= 0.6 is 0 Å². The molecule has 4 rings (SSSR count). The van der Waals surface area contributed by atoms with Gasteiger partial charge in [-0.25, -0.2) is 8.42 Å². The van der Waals surface area contributed by atoms with Gasteiger partial charge in [-0.3, -0.25) is 13.9 Å². The summed E-state index contributed by atoms with van der Waals surface area (Å²) in [5.74, 6) is -0.394. The summed E-state index contributed by atoms with van der Waals surface area (Å²) in [7, 11) is -4.09. The number of carbonyl (C=O) groups excluding carboxylic acids is 2. The maximum absolute atomic E-state index is 13.6. The highest BCUT2D eigenvalue weighted by atomic mass is 32.2. The van der Waals surface area contributed by atoms with Gasteiger partial charge in [0.15, 0.2) is 0 Å². The fourth-order valence-electron chi connectivity index (χ4n) is 4.12. The number of benzene rings is 4. The van der Waals surface area contributed by atoms with E-state index in [1.54, 1.807) is 66.7 Å². The van der Waals surface area contributed by atoms with Gasteiger partial charge < -0.3 is 15.4 Å². The van der Waals surface area contributed by atoms with E-state index in [1.807, 2.05) is 44.2 Å². The summed E-state index contributed by atoms with van der Waals surface area (Å²) in [5, 5.41) is 5.68. The van der Waals surface area contributed by atoms with Crippen LogP contribution in [0.4, 0.5) is 11.4 Å². The summed E-state index contributed by atoms with van der Waals surface area (Å²) in [5.41, 5.74) is 1.77. The van der Waals surface area contributed by atoms with Crippen molar-refractivity contribution < 1.29 is 22.7 Å². The van der Waals surface area contributed by atoms with Gasteiger partial charge in [-0.05, 0) is 67.9 Å². The zero-order valence-electron chi connectivity index (χ0n) is 22.3. The van der Waals surface area contributed by atoms with E-state index in [0.29, 0.717) is 18.0 Å². The van der Waals surface area contributed by atoms with Gasteiger partial charge in [0.05, 0.1) is 34.5 Å². The smallest absolute Gasteiger partial charge is 0.264 e. The molecule has 0 aliphatic carbocycles. The van der Waals surface area contributed by atoms with Crippen molar-refractivity contribution in [1.82, 2.24) is 5.32 Å². The Labute approximate surface area is 234 Å². The minimum Gasteiger partial charge on any atom is -0.494 e. The van der Waals surface area contributed by atoms with E-state index < -0.39 is 22.5 Å². The molecule has 206 valence electrons. The molecule has 0 aromatic heterocycles. The molecule has 0 saturated carbocycles. The van der Waals surface area contributed by atoms with E-state index >= 15 is 0 Å². The third-order valence-electron chi connectivity index (χ3n) is 6.15. The fraction of sp³-hybridized carbons (Fsp3) is 0.161. The summed E-state index contributed by atoms with van der Waals surface area (Å²) >= 11 is 0. The van der Waals surface area contributed by atoms with E-state index in [1.165, 1.54) is 12.1 Å². The highest BCUT2D eigenvalue weighted by molar-refractivity contribution is 7.92. The summed E-state index contributed by atoms with van der Waals surface area (Å²) in [4.78, 5) is 26.5. The molecule has 40 heavy (non-hydrogen) atoms. The number of carbonyl (C=O) groups is 2. The first kappa shape index (κ1) is 28.4. The fourth-order valence-corrected chi connectivity index (χ4v) is 5.56. The Kier molecular flexibility index (Phi) is 9.19. The van der Waals surface area contributed by atoms with E-state index in [2.05, 4.69) is 10.6 Å². The second kappa shape index (κ2) is 12.9. The molecule has 0 aliphatic rings. The zero-order valence-corrected chi connectivity index (χ0v) is 23.1. The number of nitrogens with zero attached hydrogens (tertiary/aromatic N) is 1. The van der Waals surface area contributed by atoms with Crippen molar-refractivity contribution >= 4 is 33.2 Å². The summed E-state index contributed by atoms with van der Waals surface area (Å²) in [6.07, 6.45) is 0. The maximum Gasteiger partial charge on any atom is 0.264 e. The van der Waals surface area contributed by atoms with Gasteiger partial charge in [0.1, 0.15) is 12.3 Å². The van der Waals surface area contributed by atoms with Gasteiger partial charge in [-0.1, -0.05) is 60.7 Å². The van der Waals surface area contributed by atoms with Crippen molar-refractivity contribution in [3.8, 4) is 5.75 Å². The molecule has 4 aromatic rings. The molecule has 0 radical (unpaired) electrons. The Morgan fingerprint density at radius 2 is 1.43 bits per heavy atom. The number of para-hydroxylation sites is 1. The Morgan fingerprint density at radius 1 is 0.825 bits per heavy atom. The lowest BCUT2D eigenvalue weighted by Gasteiger charge is -2.24. The molecule has 2 amide bonds. The van der Waals surface area contributed by atoms with Gasteiger partial charge in [-0.15, -0.1) is 0 Å². The van der Waals surface area contributed by atoms with E-state index in [4.69, 9.17) is 4.74 Å². The second-order valence-corrected chi connectivity index (χ2v) is 10.8. The molecule has 0 bridgehead atoms. The lowest BCUT2D eigenvalue weighted by Crippen LogP contribution is -2.38. The topological polar surface area (TPSA) is 105 Å². The van der Waals surface area contributed by atoms with Crippen LogP contribution in [0.1, 0.15) is 35.8 Å². The molecule has 8 nitrogen and oxygen atoms in total. The number of ether oxygens (including phenoxy) is 1. The Hall–Kier alpha value is -4.63. The lowest BCUT2D eigenvalue weighted by atomic mass is 10.1. The summed E-state index contributed by atoms with van der Waals surface area (Å²) in [6, 6.07) is 30.2. The van der Waals surface area contributed by atoms with Crippen molar-refractivity contribution in [2.24, 2.45) is 0 Å². The highest BCUT2D eigenvalue weighted by Crippen LogP contribution is 2.26. The van der Waals surface area contributed by atoms with Gasteiger partial charge in [0.2, 0.25) is 5.91 Å². The predicted octanol–water partition coefficient (Wildman–Crippen LogP) is 5.41. The van der Waals surface area contributed by atoms with Crippen LogP contribution in [0.25, 0.3) is 0 Å². The van der Waals surface area contributed by atoms with Crippen molar-refractivity contribution in [2.45, 2.75) is 24.8 Å². The average molecular weight is 558 g/mol. The molecule has 0 unspecified atom stereocenters. The molecule has 0 spiro atoms. The maximum atomic E-state index is 13.6. The molecule has 0 saturated heterocycles. The van der Waals surface area contributed by atoms with Gasteiger partial charge >= 0.3 is 0 Å².